The van der Waals surface area contributed by atoms with Gasteiger partial charge in [0.25, 0.3) is 0 Å². The molecule has 0 fully saturated rings. The Kier molecular flexibility index (Phi) is 6.36. The molecule has 0 amide bonds. The largest absolute Gasteiger partial charge is 0.319 e. The quantitative estimate of drug-likeness (QED) is 0.788. The van der Waals surface area contributed by atoms with Gasteiger partial charge in [0.1, 0.15) is 0 Å². The average Bonchev–Trinajstić information content (AvgIpc) is 2.63. The SMILES string of the molecule is CNCC(CNCc1ccc(Cl)s1)C(C)C. The summed E-state index contributed by atoms with van der Waals surface area (Å²) in [4.78, 5) is 1.30. The fourth-order valence-corrected chi connectivity index (χ4v) is 2.69. The van der Waals surface area contributed by atoms with Gasteiger partial charge in [-0.3, -0.25) is 0 Å². The first-order chi connectivity index (χ1) is 7.63. The van der Waals surface area contributed by atoms with Gasteiger partial charge >= 0.3 is 0 Å². The first-order valence-corrected chi connectivity index (χ1v) is 6.92. The summed E-state index contributed by atoms with van der Waals surface area (Å²) in [6, 6.07) is 4.04. The van der Waals surface area contributed by atoms with Gasteiger partial charge in [-0.1, -0.05) is 25.4 Å². The summed E-state index contributed by atoms with van der Waals surface area (Å²) in [5, 5.41) is 6.74. The molecule has 1 aromatic rings. The summed E-state index contributed by atoms with van der Waals surface area (Å²) < 4.78 is 0.868. The van der Waals surface area contributed by atoms with E-state index < -0.39 is 0 Å². The minimum absolute atomic E-state index is 0.681. The minimum atomic E-state index is 0.681. The number of halogens is 1. The van der Waals surface area contributed by atoms with Crippen molar-refractivity contribution in [3.05, 3.63) is 21.3 Å². The lowest BCUT2D eigenvalue weighted by atomic mass is 9.96. The molecule has 0 saturated carbocycles. The molecule has 2 nitrogen and oxygen atoms in total. The van der Waals surface area contributed by atoms with Gasteiger partial charge in [-0.15, -0.1) is 11.3 Å². The predicted octanol–water partition coefficient (Wildman–Crippen LogP) is 2.98. The lowest BCUT2D eigenvalue weighted by molar-refractivity contribution is 0.353. The Balaban J connectivity index is 2.27. The van der Waals surface area contributed by atoms with Crippen LogP contribution in [-0.4, -0.2) is 20.1 Å². The van der Waals surface area contributed by atoms with Crippen molar-refractivity contribution in [1.29, 1.82) is 0 Å². The Morgan fingerprint density at radius 1 is 1.31 bits per heavy atom. The smallest absolute Gasteiger partial charge is 0.0931 e. The van der Waals surface area contributed by atoms with Gasteiger partial charge in [0, 0.05) is 11.4 Å². The van der Waals surface area contributed by atoms with E-state index in [0.717, 1.165) is 24.0 Å². The van der Waals surface area contributed by atoms with Crippen LogP contribution in [0.2, 0.25) is 4.34 Å². The summed E-state index contributed by atoms with van der Waals surface area (Å²) in [6.45, 7) is 7.58. The minimum Gasteiger partial charge on any atom is -0.319 e. The zero-order chi connectivity index (χ0) is 12.0. The fourth-order valence-electron chi connectivity index (χ4n) is 1.63. The van der Waals surface area contributed by atoms with E-state index in [1.54, 1.807) is 11.3 Å². The van der Waals surface area contributed by atoms with Gasteiger partial charge in [0.2, 0.25) is 0 Å². The number of thiophene rings is 1. The zero-order valence-corrected chi connectivity index (χ0v) is 11.8. The standard InChI is InChI=1S/C12H21ClN2S/c1-9(2)10(6-14-3)7-15-8-11-4-5-12(13)16-11/h4-5,9-10,14-15H,6-8H2,1-3H3. The third-order valence-electron chi connectivity index (χ3n) is 2.74. The molecule has 1 atom stereocenters. The maximum atomic E-state index is 5.88. The molecule has 1 unspecified atom stereocenters. The van der Waals surface area contributed by atoms with Gasteiger partial charge in [0.15, 0.2) is 0 Å². The molecule has 2 N–H and O–H groups in total. The Bertz CT molecular complexity index is 299. The van der Waals surface area contributed by atoms with Gasteiger partial charge < -0.3 is 10.6 Å². The Morgan fingerprint density at radius 3 is 2.56 bits per heavy atom. The molecule has 0 bridgehead atoms. The van der Waals surface area contributed by atoms with Crippen molar-refractivity contribution < 1.29 is 0 Å². The topological polar surface area (TPSA) is 24.1 Å². The normalized spacial score (nSPS) is 13.3. The van der Waals surface area contributed by atoms with Crippen LogP contribution in [0.5, 0.6) is 0 Å². The highest BCUT2D eigenvalue weighted by Gasteiger charge is 2.11. The van der Waals surface area contributed by atoms with Crippen LogP contribution in [-0.2, 0) is 6.54 Å². The molecule has 0 radical (unpaired) electrons. The van der Waals surface area contributed by atoms with E-state index in [2.05, 4.69) is 30.5 Å². The summed E-state index contributed by atoms with van der Waals surface area (Å²) in [5.74, 6) is 1.38. The van der Waals surface area contributed by atoms with Crippen LogP contribution in [0, 0.1) is 11.8 Å². The van der Waals surface area contributed by atoms with Gasteiger partial charge in [-0.25, -0.2) is 0 Å². The average molecular weight is 261 g/mol. The lowest BCUT2D eigenvalue weighted by Gasteiger charge is -2.20. The lowest BCUT2D eigenvalue weighted by Crippen LogP contribution is -2.32. The van der Waals surface area contributed by atoms with Crippen LogP contribution in [0.1, 0.15) is 18.7 Å². The molecular weight excluding hydrogens is 240 g/mol. The van der Waals surface area contributed by atoms with E-state index in [9.17, 15) is 0 Å². The van der Waals surface area contributed by atoms with E-state index >= 15 is 0 Å². The van der Waals surface area contributed by atoms with Crippen molar-refractivity contribution in [3.63, 3.8) is 0 Å². The van der Waals surface area contributed by atoms with Crippen molar-refractivity contribution >= 4 is 22.9 Å². The van der Waals surface area contributed by atoms with Crippen molar-refractivity contribution in [3.8, 4) is 0 Å². The van der Waals surface area contributed by atoms with E-state index in [4.69, 9.17) is 11.6 Å². The van der Waals surface area contributed by atoms with Crippen molar-refractivity contribution in [2.75, 3.05) is 20.1 Å². The molecule has 0 aliphatic carbocycles. The third kappa shape index (κ3) is 4.83. The highest BCUT2D eigenvalue weighted by atomic mass is 35.5. The second kappa shape index (κ2) is 7.28. The van der Waals surface area contributed by atoms with E-state index in [0.29, 0.717) is 11.8 Å². The molecule has 0 spiro atoms. The molecule has 1 heterocycles. The molecule has 0 aliphatic rings. The zero-order valence-electron chi connectivity index (χ0n) is 10.2. The number of hydrogen-bond acceptors (Lipinski definition) is 3. The van der Waals surface area contributed by atoms with Crippen LogP contribution in [0.3, 0.4) is 0 Å². The predicted molar refractivity (Wildman–Crippen MR) is 73.3 cm³/mol. The maximum Gasteiger partial charge on any atom is 0.0931 e. The van der Waals surface area contributed by atoms with Crippen LogP contribution < -0.4 is 10.6 Å². The Hall–Kier alpha value is -0.0900. The molecule has 16 heavy (non-hydrogen) atoms. The fraction of sp³-hybridized carbons (Fsp3) is 0.667. The molecule has 0 saturated heterocycles. The molecule has 0 aromatic carbocycles. The maximum absolute atomic E-state index is 5.88. The third-order valence-corrected chi connectivity index (χ3v) is 3.97. The molecule has 0 aliphatic heterocycles. The molecule has 1 rings (SSSR count). The summed E-state index contributed by atoms with van der Waals surface area (Å²) in [7, 11) is 2.01. The van der Waals surface area contributed by atoms with Crippen LogP contribution in [0.4, 0.5) is 0 Å². The van der Waals surface area contributed by atoms with Crippen LogP contribution in [0.25, 0.3) is 0 Å². The summed E-state index contributed by atoms with van der Waals surface area (Å²) >= 11 is 7.53. The van der Waals surface area contributed by atoms with Crippen LogP contribution in [0.15, 0.2) is 12.1 Å². The monoisotopic (exact) mass is 260 g/mol. The van der Waals surface area contributed by atoms with Crippen molar-refractivity contribution in [2.24, 2.45) is 11.8 Å². The molecule has 1 aromatic heterocycles. The second-order valence-corrected chi connectivity index (χ2v) is 6.20. The summed E-state index contributed by atoms with van der Waals surface area (Å²) in [5.41, 5.74) is 0. The van der Waals surface area contributed by atoms with Gasteiger partial charge in [0.05, 0.1) is 4.34 Å². The molecular formula is C12H21ClN2S. The van der Waals surface area contributed by atoms with Crippen molar-refractivity contribution in [2.45, 2.75) is 20.4 Å². The van der Waals surface area contributed by atoms with Gasteiger partial charge in [-0.2, -0.15) is 0 Å². The number of hydrogen-bond donors (Lipinski definition) is 2. The number of rotatable bonds is 7. The highest BCUT2D eigenvalue weighted by molar-refractivity contribution is 7.16. The van der Waals surface area contributed by atoms with E-state index in [1.807, 2.05) is 13.1 Å². The number of nitrogens with one attached hydrogen (secondary N) is 2. The summed E-state index contributed by atoms with van der Waals surface area (Å²) in [6.07, 6.45) is 0. The molecule has 92 valence electrons. The first-order valence-electron chi connectivity index (χ1n) is 5.73. The first kappa shape index (κ1) is 14.0. The molecule has 4 heteroatoms. The van der Waals surface area contributed by atoms with Crippen LogP contribution >= 0.6 is 22.9 Å². The van der Waals surface area contributed by atoms with Crippen molar-refractivity contribution in [1.82, 2.24) is 10.6 Å². The highest BCUT2D eigenvalue weighted by Crippen LogP contribution is 2.21. The van der Waals surface area contributed by atoms with E-state index in [-0.39, 0.29) is 0 Å². The Morgan fingerprint density at radius 2 is 2.06 bits per heavy atom. The Labute approximate surface area is 107 Å². The van der Waals surface area contributed by atoms with E-state index in [1.165, 1.54) is 4.88 Å². The second-order valence-electron chi connectivity index (χ2n) is 4.40. The van der Waals surface area contributed by atoms with Gasteiger partial charge in [-0.05, 0) is 44.1 Å².